The van der Waals surface area contributed by atoms with E-state index < -0.39 is 0 Å². The number of benzene rings is 3. The molecule has 2 nitrogen and oxygen atoms in total. The van der Waals surface area contributed by atoms with E-state index in [9.17, 15) is 4.79 Å². The molecule has 0 saturated heterocycles. The molecule has 0 N–H and O–H groups in total. The van der Waals surface area contributed by atoms with Crippen molar-refractivity contribution < 1.29 is 4.42 Å². The zero-order valence-electron chi connectivity index (χ0n) is 12.7. The Morgan fingerprint density at radius 3 is 2.25 bits per heavy atom. The van der Waals surface area contributed by atoms with E-state index in [-0.39, 0.29) is 5.43 Å². The molecule has 0 aliphatic rings. The van der Waals surface area contributed by atoms with Gasteiger partial charge in [0.15, 0.2) is 0 Å². The summed E-state index contributed by atoms with van der Waals surface area (Å²) < 4.78 is 5.88. The van der Waals surface area contributed by atoms with E-state index in [2.05, 4.69) is 0 Å². The van der Waals surface area contributed by atoms with Gasteiger partial charge in [0.05, 0.1) is 10.8 Å². The summed E-state index contributed by atoms with van der Waals surface area (Å²) in [5.74, 6) is 0. The van der Waals surface area contributed by atoms with Gasteiger partial charge < -0.3 is 4.42 Å². The number of halogens is 1. The maximum atomic E-state index is 12.5. The van der Waals surface area contributed by atoms with Gasteiger partial charge in [-0.3, -0.25) is 4.79 Å². The highest BCUT2D eigenvalue weighted by atomic mass is 35.5. The van der Waals surface area contributed by atoms with Crippen molar-refractivity contribution in [2.75, 3.05) is 0 Å². The summed E-state index contributed by atoms with van der Waals surface area (Å²) in [6, 6.07) is 20.5. The lowest BCUT2D eigenvalue weighted by Gasteiger charge is -2.02. The van der Waals surface area contributed by atoms with Crippen LogP contribution in [0.15, 0.2) is 75.9 Å². The fraction of sp³-hybridized carbons (Fsp3) is 0. The number of fused-ring (bicyclic) bond motifs is 2. The molecule has 4 rings (SSSR count). The van der Waals surface area contributed by atoms with E-state index in [1.165, 1.54) is 0 Å². The molecule has 0 aliphatic carbocycles. The van der Waals surface area contributed by atoms with E-state index >= 15 is 0 Å². The van der Waals surface area contributed by atoms with Crippen molar-refractivity contribution in [1.82, 2.24) is 0 Å². The first kappa shape index (κ1) is 14.7. The summed E-state index contributed by atoms with van der Waals surface area (Å²) in [5.41, 5.74) is 3.22. The van der Waals surface area contributed by atoms with E-state index in [1.54, 1.807) is 6.07 Å². The molecule has 4 aromatic rings. The highest BCUT2D eigenvalue weighted by molar-refractivity contribution is 6.30. The second-order valence-corrected chi connectivity index (χ2v) is 6.00. The van der Waals surface area contributed by atoms with Crippen molar-refractivity contribution >= 4 is 45.7 Å². The van der Waals surface area contributed by atoms with Gasteiger partial charge in [0.25, 0.3) is 0 Å². The first-order valence-electron chi connectivity index (χ1n) is 7.60. The number of rotatable bonds is 2. The molecule has 3 aromatic carbocycles. The van der Waals surface area contributed by atoms with Gasteiger partial charge in [-0.05, 0) is 47.5 Å². The fourth-order valence-corrected chi connectivity index (χ4v) is 2.81. The summed E-state index contributed by atoms with van der Waals surface area (Å²) in [4.78, 5) is 12.5. The molecule has 0 unspecified atom stereocenters. The van der Waals surface area contributed by atoms with Crippen molar-refractivity contribution in [3.05, 3.63) is 93.1 Å². The Labute approximate surface area is 143 Å². The topological polar surface area (TPSA) is 30.2 Å². The Kier molecular flexibility index (Phi) is 3.68. The van der Waals surface area contributed by atoms with E-state index in [0.29, 0.717) is 27.0 Å². The number of hydrogen-bond acceptors (Lipinski definition) is 2. The second kappa shape index (κ2) is 5.99. The van der Waals surface area contributed by atoms with Gasteiger partial charge in [-0.25, -0.2) is 0 Å². The molecule has 0 aliphatic heterocycles. The largest absolute Gasteiger partial charge is 0.456 e. The fourth-order valence-electron chi connectivity index (χ4n) is 2.69. The van der Waals surface area contributed by atoms with Crippen LogP contribution in [0, 0.1) is 0 Å². The molecule has 0 bridgehead atoms. The monoisotopic (exact) mass is 332 g/mol. The predicted molar refractivity (Wildman–Crippen MR) is 100 cm³/mol. The summed E-state index contributed by atoms with van der Waals surface area (Å²) in [6.07, 6.45) is 3.98. The van der Waals surface area contributed by atoms with Crippen LogP contribution >= 0.6 is 11.6 Å². The molecule has 1 aromatic heterocycles. The van der Waals surface area contributed by atoms with Gasteiger partial charge in [-0.15, -0.1) is 0 Å². The Morgan fingerprint density at radius 1 is 0.750 bits per heavy atom. The summed E-state index contributed by atoms with van der Waals surface area (Å²) in [7, 11) is 0. The van der Waals surface area contributed by atoms with Gasteiger partial charge in [0.1, 0.15) is 11.2 Å². The quantitative estimate of drug-likeness (QED) is 0.344. The van der Waals surface area contributed by atoms with E-state index in [1.807, 2.05) is 72.8 Å². The first-order chi connectivity index (χ1) is 11.7. The van der Waals surface area contributed by atoms with Crippen molar-refractivity contribution in [2.24, 2.45) is 0 Å². The molecule has 0 radical (unpaired) electrons. The van der Waals surface area contributed by atoms with Crippen LogP contribution in [0.5, 0.6) is 0 Å². The first-order valence-corrected chi connectivity index (χ1v) is 7.98. The lowest BCUT2D eigenvalue weighted by atomic mass is 10.1. The SMILES string of the molecule is O=c1c2ccccc2oc2cc(/C=C/c3ccc(Cl)cc3)ccc12. The summed E-state index contributed by atoms with van der Waals surface area (Å²) in [5, 5.41) is 1.92. The van der Waals surface area contributed by atoms with Crippen LogP contribution in [-0.2, 0) is 0 Å². The standard InChI is InChI=1S/C21H13ClO2/c22-16-10-7-14(8-11-16)5-6-15-9-12-18-20(13-15)24-19-4-2-1-3-17(19)21(18)23/h1-13H/b6-5+. The van der Waals surface area contributed by atoms with Crippen molar-refractivity contribution in [3.63, 3.8) is 0 Å². The maximum Gasteiger partial charge on any atom is 0.200 e. The number of para-hydroxylation sites is 1. The molecule has 0 atom stereocenters. The molecular formula is C21H13ClO2. The van der Waals surface area contributed by atoms with E-state index in [0.717, 1.165) is 11.1 Å². The third-order valence-corrected chi connectivity index (χ3v) is 4.19. The van der Waals surface area contributed by atoms with Crippen molar-refractivity contribution in [2.45, 2.75) is 0 Å². The van der Waals surface area contributed by atoms with Gasteiger partial charge in [-0.1, -0.05) is 54.1 Å². The van der Waals surface area contributed by atoms with E-state index in [4.69, 9.17) is 16.0 Å². The van der Waals surface area contributed by atoms with Crippen LogP contribution in [0.1, 0.15) is 11.1 Å². The minimum atomic E-state index is 0.0000749. The average Bonchev–Trinajstić information content (AvgIpc) is 2.61. The molecule has 0 spiro atoms. The van der Waals surface area contributed by atoms with Crippen molar-refractivity contribution in [1.29, 1.82) is 0 Å². The lowest BCUT2D eigenvalue weighted by Crippen LogP contribution is -2.01. The summed E-state index contributed by atoms with van der Waals surface area (Å²) in [6.45, 7) is 0. The lowest BCUT2D eigenvalue weighted by molar-refractivity contribution is 0.660. The minimum Gasteiger partial charge on any atom is -0.456 e. The zero-order valence-corrected chi connectivity index (χ0v) is 13.5. The maximum absolute atomic E-state index is 12.5. The van der Waals surface area contributed by atoms with Gasteiger partial charge >= 0.3 is 0 Å². The van der Waals surface area contributed by atoms with Crippen molar-refractivity contribution in [3.8, 4) is 0 Å². The Morgan fingerprint density at radius 2 is 1.42 bits per heavy atom. The third-order valence-electron chi connectivity index (χ3n) is 3.94. The molecule has 1 heterocycles. The Hall–Kier alpha value is -2.84. The average molecular weight is 333 g/mol. The van der Waals surface area contributed by atoms with Gasteiger partial charge in [0.2, 0.25) is 5.43 Å². The highest BCUT2D eigenvalue weighted by Crippen LogP contribution is 2.21. The van der Waals surface area contributed by atoms with Gasteiger partial charge in [0, 0.05) is 5.02 Å². The number of hydrogen-bond donors (Lipinski definition) is 0. The normalized spacial score (nSPS) is 11.5. The van der Waals surface area contributed by atoms with Crippen LogP contribution in [0.4, 0.5) is 0 Å². The highest BCUT2D eigenvalue weighted by Gasteiger charge is 2.06. The Balaban J connectivity index is 1.79. The molecule has 0 saturated carbocycles. The zero-order chi connectivity index (χ0) is 16.5. The van der Waals surface area contributed by atoms with Crippen LogP contribution < -0.4 is 5.43 Å². The molecule has 0 fully saturated rings. The molecule has 116 valence electrons. The van der Waals surface area contributed by atoms with Crippen LogP contribution in [-0.4, -0.2) is 0 Å². The Bertz CT molecular complexity index is 1120. The minimum absolute atomic E-state index is 0.0000749. The smallest absolute Gasteiger partial charge is 0.200 e. The van der Waals surface area contributed by atoms with Crippen LogP contribution in [0.25, 0.3) is 34.1 Å². The van der Waals surface area contributed by atoms with Crippen LogP contribution in [0.2, 0.25) is 5.02 Å². The molecule has 24 heavy (non-hydrogen) atoms. The summed E-state index contributed by atoms with van der Waals surface area (Å²) >= 11 is 5.89. The molecular weight excluding hydrogens is 320 g/mol. The second-order valence-electron chi connectivity index (χ2n) is 5.57. The van der Waals surface area contributed by atoms with Crippen LogP contribution in [0.3, 0.4) is 0 Å². The molecule has 3 heteroatoms. The molecule has 0 amide bonds. The third kappa shape index (κ3) is 2.72. The van der Waals surface area contributed by atoms with Gasteiger partial charge in [-0.2, -0.15) is 0 Å². The predicted octanol–water partition coefficient (Wildman–Crippen LogP) is 5.77.